The molecule has 0 bridgehead atoms. The van der Waals surface area contributed by atoms with Gasteiger partial charge in [-0.25, -0.2) is 9.97 Å². The lowest BCUT2D eigenvalue weighted by molar-refractivity contribution is -0.147. The van der Waals surface area contributed by atoms with Crippen molar-refractivity contribution in [3.8, 4) is 0 Å². The van der Waals surface area contributed by atoms with E-state index in [0.717, 1.165) is 42.8 Å². The van der Waals surface area contributed by atoms with Crippen LogP contribution < -0.4 is 4.90 Å². The molecule has 1 aromatic rings. The molecule has 124 valence electrons. The number of hydrogen-bond donors (Lipinski definition) is 0. The molecule has 1 aromatic heterocycles. The summed E-state index contributed by atoms with van der Waals surface area (Å²) in [7, 11) is 0. The largest absolute Gasteiger partial charge is 0.459 e. The van der Waals surface area contributed by atoms with Crippen molar-refractivity contribution in [2.45, 2.75) is 52.1 Å². The van der Waals surface area contributed by atoms with Crippen molar-refractivity contribution in [1.29, 1.82) is 0 Å². The number of carbonyl (C=O) groups excluding carboxylic acids is 1. The van der Waals surface area contributed by atoms with Gasteiger partial charge in [-0.05, 0) is 63.4 Å². The first-order chi connectivity index (χ1) is 11.2. The van der Waals surface area contributed by atoms with E-state index in [9.17, 15) is 4.79 Å². The summed E-state index contributed by atoms with van der Waals surface area (Å²) >= 11 is 0. The van der Waals surface area contributed by atoms with Gasteiger partial charge in [-0.15, -0.1) is 0 Å². The molecule has 0 N–H and O–H groups in total. The summed E-state index contributed by atoms with van der Waals surface area (Å²) in [4.78, 5) is 23.5. The van der Waals surface area contributed by atoms with Crippen LogP contribution in [0.5, 0.6) is 0 Å². The van der Waals surface area contributed by atoms with Gasteiger partial charge in [0, 0.05) is 18.8 Å². The fourth-order valence-corrected chi connectivity index (χ4v) is 3.71. The number of esters is 1. The molecule has 2 heterocycles. The third kappa shape index (κ3) is 3.48. The Morgan fingerprint density at radius 2 is 2.04 bits per heavy atom. The van der Waals surface area contributed by atoms with Gasteiger partial charge in [0.2, 0.25) is 5.95 Å². The number of aryl methyl sites for hydroxylation is 1. The first kappa shape index (κ1) is 14.9. The molecule has 2 atom stereocenters. The highest BCUT2D eigenvalue weighted by Crippen LogP contribution is 2.54. The number of rotatable bonds is 5. The molecule has 1 aliphatic heterocycles. The van der Waals surface area contributed by atoms with Crippen LogP contribution in [0.1, 0.15) is 49.9 Å². The van der Waals surface area contributed by atoms with Gasteiger partial charge in [0.25, 0.3) is 0 Å². The van der Waals surface area contributed by atoms with Crippen molar-refractivity contribution >= 4 is 11.9 Å². The van der Waals surface area contributed by atoms with Gasteiger partial charge in [-0.3, -0.25) is 4.79 Å². The van der Waals surface area contributed by atoms with Crippen LogP contribution in [0.4, 0.5) is 5.95 Å². The van der Waals surface area contributed by atoms with E-state index in [4.69, 9.17) is 4.74 Å². The minimum Gasteiger partial charge on any atom is -0.459 e. The lowest BCUT2D eigenvalue weighted by Crippen LogP contribution is -2.31. The number of nitrogens with zero attached hydrogens (tertiary/aromatic N) is 3. The van der Waals surface area contributed by atoms with E-state index in [-0.39, 0.29) is 18.5 Å². The summed E-state index contributed by atoms with van der Waals surface area (Å²) < 4.78 is 5.51. The maximum atomic E-state index is 12.1. The van der Waals surface area contributed by atoms with Crippen molar-refractivity contribution in [3.63, 3.8) is 0 Å². The van der Waals surface area contributed by atoms with Crippen LogP contribution in [0.3, 0.4) is 0 Å². The Hall–Kier alpha value is -1.65. The number of anilines is 1. The van der Waals surface area contributed by atoms with Gasteiger partial charge in [-0.2, -0.15) is 0 Å². The van der Waals surface area contributed by atoms with Gasteiger partial charge in [0.1, 0.15) is 6.61 Å². The monoisotopic (exact) mass is 315 g/mol. The Labute approximate surface area is 137 Å². The van der Waals surface area contributed by atoms with Crippen molar-refractivity contribution < 1.29 is 9.53 Å². The lowest BCUT2D eigenvalue weighted by Gasteiger charge is -2.27. The zero-order valence-electron chi connectivity index (χ0n) is 13.8. The number of ether oxygens (including phenoxy) is 1. The molecule has 3 aliphatic rings. The standard InChI is InChI=1S/C18H25N3O2/c1-12-9-14(20-18(19-12)21-7-3-2-4-8-21)11-23-17(22)16-10-15(16)13-5-6-13/h9,13,15-16H,2-8,10-11H2,1H3/t15-,16-/m1/s1. The lowest BCUT2D eigenvalue weighted by atomic mass is 10.1. The quantitative estimate of drug-likeness (QED) is 0.782. The van der Waals surface area contributed by atoms with Crippen molar-refractivity contribution in [1.82, 2.24) is 9.97 Å². The molecule has 0 aromatic carbocycles. The molecule has 2 saturated carbocycles. The highest BCUT2D eigenvalue weighted by Gasteiger charge is 2.52. The molecule has 0 amide bonds. The van der Waals surface area contributed by atoms with E-state index in [1.807, 2.05) is 13.0 Å². The third-order valence-electron chi connectivity index (χ3n) is 5.27. The van der Waals surface area contributed by atoms with Gasteiger partial charge >= 0.3 is 5.97 Å². The molecule has 0 spiro atoms. The average Bonchev–Trinajstić information content (AvgIpc) is 3.45. The van der Waals surface area contributed by atoms with E-state index < -0.39 is 0 Å². The number of aromatic nitrogens is 2. The second kappa shape index (κ2) is 6.10. The van der Waals surface area contributed by atoms with E-state index in [1.54, 1.807) is 0 Å². The molecule has 1 saturated heterocycles. The number of carbonyl (C=O) groups is 1. The van der Waals surface area contributed by atoms with Gasteiger partial charge in [-0.1, -0.05) is 0 Å². The maximum absolute atomic E-state index is 12.1. The molecule has 0 radical (unpaired) electrons. The first-order valence-corrected chi connectivity index (χ1v) is 8.97. The van der Waals surface area contributed by atoms with Crippen molar-refractivity contribution in [2.24, 2.45) is 17.8 Å². The minimum atomic E-state index is -0.0299. The first-order valence-electron chi connectivity index (χ1n) is 8.97. The van der Waals surface area contributed by atoms with Crippen LogP contribution in [0.2, 0.25) is 0 Å². The topological polar surface area (TPSA) is 55.3 Å². The third-order valence-corrected chi connectivity index (χ3v) is 5.27. The predicted molar refractivity (Wildman–Crippen MR) is 87.0 cm³/mol. The zero-order chi connectivity index (χ0) is 15.8. The van der Waals surface area contributed by atoms with Crippen molar-refractivity contribution in [2.75, 3.05) is 18.0 Å². The highest BCUT2D eigenvalue weighted by molar-refractivity contribution is 5.75. The highest BCUT2D eigenvalue weighted by atomic mass is 16.5. The number of hydrogen-bond acceptors (Lipinski definition) is 5. The molecule has 0 unspecified atom stereocenters. The summed E-state index contributed by atoms with van der Waals surface area (Å²) in [5, 5.41) is 0. The molecule has 23 heavy (non-hydrogen) atoms. The second-order valence-electron chi connectivity index (χ2n) is 7.30. The van der Waals surface area contributed by atoms with E-state index in [0.29, 0.717) is 5.92 Å². The fraction of sp³-hybridized carbons (Fsp3) is 0.722. The maximum Gasteiger partial charge on any atom is 0.309 e. The molecule has 5 heteroatoms. The molecule has 2 aliphatic carbocycles. The minimum absolute atomic E-state index is 0.0299. The molecule has 5 nitrogen and oxygen atoms in total. The summed E-state index contributed by atoms with van der Waals surface area (Å²) in [6.07, 6.45) is 7.33. The van der Waals surface area contributed by atoms with Crippen LogP contribution in [-0.2, 0) is 16.1 Å². The summed E-state index contributed by atoms with van der Waals surface area (Å²) in [6, 6.07) is 1.92. The predicted octanol–water partition coefficient (Wildman–Crippen LogP) is 2.86. The fourth-order valence-electron chi connectivity index (χ4n) is 3.71. The summed E-state index contributed by atoms with van der Waals surface area (Å²) in [5.74, 6) is 2.33. The molecular weight excluding hydrogens is 290 g/mol. The van der Waals surface area contributed by atoms with Crippen LogP contribution in [0.15, 0.2) is 6.07 Å². The Morgan fingerprint density at radius 1 is 1.26 bits per heavy atom. The Bertz CT molecular complexity index is 594. The van der Waals surface area contributed by atoms with Crippen LogP contribution in [0, 0.1) is 24.7 Å². The van der Waals surface area contributed by atoms with E-state index >= 15 is 0 Å². The van der Waals surface area contributed by atoms with Crippen LogP contribution >= 0.6 is 0 Å². The summed E-state index contributed by atoms with van der Waals surface area (Å²) in [6.45, 7) is 4.29. The number of piperidine rings is 1. The van der Waals surface area contributed by atoms with Crippen LogP contribution in [-0.4, -0.2) is 29.0 Å². The van der Waals surface area contributed by atoms with Crippen molar-refractivity contribution in [3.05, 3.63) is 17.5 Å². The molecule has 4 rings (SSSR count). The van der Waals surface area contributed by atoms with Gasteiger partial charge in [0.05, 0.1) is 11.6 Å². The SMILES string of the molecule is Cc1cc(COC(=O)[C@@H]2C[C@@H]2C2CC2)nc(N2CCCCC2)n1. The second-order valence-corrected chi connectivity index (χ2v) is 7.30. The average molecular weight is 315 g/mol. The van der Waals surface area contributed by atoms with Gasteiger partial charge < -0.3 is 9.64 Å². The van der Waals surface area contributed by atoms with Gasteiger partial charge in [0.15, 0.2) is 0 Å². The Balaban J connectivity index is 1.36. The molecular formula is C18H25N3O2. The van der Waals surface area contributed by atoms with E-state index in [1.165, 1.54) is 32.1 Å². The Kier molecular flexibility index (Phi) is 3.95. The normalized spacial score (nSPS) is 26.9. The Morgan fingerprint density at radius 3 is 2.78 bits per heavy atom. The van der Waals surface area contributed by atoms with E-state index in [2.05, 4.69) is 14.9 Å². The smallest absolute Gasteiger partial charge is 0.309 e. The summed E-state index contributed by atoms with van der Waals surface area (Å²) in [5.41, 5.74) is 1.75. The van der Waals surface area contributed by atoms with Crippen LogP contribution in [0.25, 0.3) is 0 Å². The zero-order valence-corrected chi connectivity index (χ0v) is 13.8. The molecule has 3 fully saturated rings.